The first-order chi connectivity index (χ1) is 6.09. The molecule has 1 heteroatoms. The number of halogens is 1. The van der Waals surface area contributed by atoms with E-state index in [1.807, 2.05) is 0 Å². The van der Waals surface area contributed by atoms with E-state index in [1.165, 1.54) is 11.1 Å². The molecule has 0 aliphatic carbocycles. The molecule has 13 heavy (non-hydrogen) atoms. The van der Waals surface area contributed by atoms with Gasteiger partial charge in [-0.3, -0.25) is 0 Å². The van der Waals surface area contributed by atoms with Crippen molar-refractivity contribution in [3.63, 3.8) is 0 Å². The van der Waals surface area contributed by atoms with Gasteiger partial charge in [-0.2, -0.15) is 0 Å². The van der Waals surface area contributed by atoms with Crippen molar-refractivity contribution in [1.29, 1.82) is 0 Å². The van der Waals surface area contributed by atoms with Crippen molar-refractivity contribution in [2.75, 3.05) is 0 Å². The number of hydrogen-bond acceptors (Lipinski definition) is 0. The molecule has 1 aromatic rings. The van der Waals surface area contributed by atoms with Crippen LogP contribution in [0, 0.1) is 0 Å². The third-order valence-electron chi connectivity index (χ3n) is 1.98. The topological polar surface area (TPSA) is 0 Å². The zero-order chi connectivity index (χ0) is 9.84. The molecule has 0 aliphatic heterocycles. The highest BCUT2D eigenvalue weighted by atomic mass is 79.9. The van der Waals surface area contributed by atoms with Crippen molar-refractivity contribution < 1.29 is 0 Å². The Bertz CT molecular complexity index is 291. The number of allylic oxidation sites excluding steroid dienone is 2. The fourth-order valence-corrected chi connectivity index (χ4v) is 1.63. The van der Waals surface area contributed by atoms with Gasteiger partial charge >= 0.3 is 0 Å². The van der Waals surface area contributed by atoms with E-state index in [0.717, 1.165) is 4.47 Å². The second kappa shape index (κ2) is 4.61. The molecule has 1 unspecified atom stereocenters. The van der Waals surface area contributed by atoms with E-state index in [2.05, 4.69) is 67.0 Å². The van der Waals surface area contributed by atoms with Crippen LogP contribution in [0.5, 0.6) is 0 Å². The van der Waals surface area contributed by atoms with Crippen LogP contribution in [-0.4, -0.2) is 0 Å². The molecule has 0 bridgehead atoms. The molecule has 0 spiro atoms. The summed E-state index contributed by atoms with van der Waals surface area (Å²) in [4.78, 5) is 0. The van der Waals surface area contributed by atoms with Gasteiger partial charge in [-0.15, -0.1) is 0 Å². The molecule has 1 atom stereocenters. The molecule has 1 aromatic carbocycles. The summed E-state index contributed by atoms with van der Waals surface area (Å²) in [5, 5.41) is 0. The van der Waals surface area contributed by atoms with E-state index in [9.17, 15) is 0 Å². The smallest absolute Gasteiger partial charge is 0.0175 e. The van der Waals surface area contributed by atoms with Crippen LogP contribution in [0.4, 0.5) is 0 Å². The third-order valence-corrected chi connectivity index (χ3v) is 2.51. The molecule has 0 heterocycles. The molecule has 0 saturated carbocycles. The highest BCUT2D eigenvalue weighted by molar-refractivity contribution is 9.10. The molecule has 0 saturated heterocycles. The fraction of sp³-hybridized carbons (Fsp3) is 0.333. The van der Waals surface area contributed by atoms with Crippen LogP contribution < -0.4 is 0 Å². The average Bonchev–Trinajstić information content (AvgIpc) is 2.04. The van der Waals surface area contributed by atoms with Crippen molar-refractivity contribution in [3.05, 3.63) is 46.0 Å². The molecular formula is C12H15Br. The number of benzene rings is 1. The molecule has 70 valence electrons. The summed E-state index contributed by atoms with van der Waals surface area (Å²) in [6.45, 7) is 6.49. The minimum atomic E-state index is 0.512. The Labute approximate surface area is 88.8 Å². The largest absolute Gasteiger partial charge is 0.0798 e. The molecule has 0 amide bonds. The lowest BCUT2D eigenvalue weighted by molar-refractivity contribution is 0.952. The van der Waals surface area contributed by atoms with E-state index in [4.69, 9.17) is 0 Å². The van der Waals surface area contributed by atoms with Gasteiger partial charge in [0, 0.05) is 4.47 Å². The predicted octanol–water partition coefficient (Wildman–Crippen LogP) is 4.52. The van der Waals surface area contributed by atoms with Crippen molar-refractivity contribution in [1.82, 2.24) is 0 Å². The van der Waals surface area contributed by atoms with Gasteiger partial charge in [0.15, 0.2) is 0 Å². The summed E-state index contributed by atoms with van der Waals surface area (Å²) in [6, 6.07) is 8.50. The van der Waals surface area contributed by atoms with Crippen molar-refractivity contribution in [2.24, 2.45) is 0 Å². The Balaban J connectivity index is 2.83. The van der Waals surface area contributed by atoms with Crippen LogP contribution in [-0.2, 0) is 0 Å². The van der Waals surface area contributed by atoms with Crippen LogP contribution in [0.1, 0.15) is 32.3 Å². The molecule has 0 nitrogen and oxygen atoms in total. The van der Waals surface area contributed by atoms with Gasteiger partial charge in [0.25, 0.3) is 0 Å². The zero-order valence-corrected chi connectivity index (χ0v) is 9.93. The van der Waals surface area contributed by atoms with Gasteiger partial charge in [-0.05, 0) is 37.5 Å². The maximum atomic E-state index is 3.43. The molecule has 0 aromatic heterocycles. The molecule has 0 aliphatic rings. The monoisotopic (exact) mass is 238 g/mol. The minimum absolute atomic E-state index is 0.512. The normalized spacial score (nSPS) is 12.3. The maximum Gasteiger partial charge on any atom is 0.0175 e. The Morgan fingerprint density at radius 3 is 2.23 bits per heavy atom. The van der Waals surface area contributed by atoms with Gasteiger partial charge in [-0.25, -0.2) is 0 Å². The first-order valence-corrected chi connectivity index (χ1v) is 5.29. The van der Waals surface area contributed by atoms with Gasteiger partial charge in [0.2, 0.25) is 0 Å². The zero-order valence-electron chi connectivity index (χ0n) is 8.34. The summed E-state index contributed by atoms with van der Waals surface area (Å²) >= 11 is 3.43. The lowest BCUT2D eigenvalue weighted by atomic mass is 9.99. The van der Waals surface area contributed by atoms with Gasteiger partial charge < -0.3 is 0 Å². The summed E-state index contributed by atoms with van der Waals surface area (Å²) in [7, 11) is 0. The fourth-order valence-electron chi connectivity index (χ4n) is 1.36. The predicted molar refractivity (Wildman–Crippen MR) is 62.0 cm³/mol. The standard InChI is InChI=1S/C12H15Br/c1-9(2)8-10(3)11-4-6-12(13)7-5-11/h4-8,10H,1-3H3. The lowest BCUT2D eigenvalue weighted by Crippen LogP contribution is -1.88. The van der Waals surface area contributed by atoms with Crippen LogP contribution in [0.3, 0.4) is 0 Å². The van der Waals surface area contributed by atoms with E-state index < -0.39 is 0 Å². The summed E-state index contributed by atoms with van der Waals surface area (Å²) < 4.78 is 1.14. The van der Waals surface area contributed by atoms with Crippen LogP contribution in [0.2, 0.25) is 0 Å². The van der Waals surface area contributed by atoms with Gasteiger partial charge in [0.1, 0.15) is 0 Å². The lowest BCUT2D eigenvalue weighted by Gasteiger charge is -2.07. The second-order valence-electron chi connectivity index (χ2n) is 3.58. The number of hydrogen-bond donors (Lipinski definition) is 0. The van der Waals surface area contributed by atoms with Crippen molar-refractivity contribution >= 4 is 15.9 Å². The van der Waals surface area contributed by atoms with E-state index in [0.29, 0.717) is 5.92 Å². The highest BCUT2D eigenvalue weighted by Crippen LogP contribution is 2.20. The molecule has 0 N–H and O–H groups in total. The second-order valence-corrected chi connectivity index (χ2v) is 4.50. The first kappa shape index (κ1) is 10.5. The summed E-state index contributed by atoms with van der Waals surface area (Å²) in [5.74, 6) is 0.512. The third kappa shape index (κ3) is 3.35. The summed E-state index contributed by atoms with van der Waals surface area (Å²) in [6.07, 6.45) is 2.28. The Morgan fingerprint density at radius 1 is 1.23 bits per heavy atom. The minimum Gasteiger partial charge on any atom is -0.0798 e. The Kier molecular flexibility index (Phi) is 3.73. The first-order valence-electron chi connectivity index (χ1n) is 4.50. The summed E-state index contributed by atoms with van der Waals surface area (Å²) in [5.41, 5.74) is 2.74. The SMILES string of the molecule is CC(C)=CC(C)c1ccc(Br)cc1. The van der Waals surface area contributed by atoms with E-state index >= 15 is 0 Å². The van der Waals surface area contributed by atoms with E-state index in [1.54, 1.807) is 0 Å². The van der Waals surface area contributed by atoms with Crippen LogP contribution in [0.25, 0.3) is 0 Å². The van der Waals surface area contributed by atoms with Crippen LogP contribution in [0.15, 0.2) is 40.4 Å². The molecule has 0 radical (unpaired) electrons. The maximum absolute atomic E-state index is 3.43. The van der Waals surface area contributed by atoms with Crippen molar-refractivity contribution in [3.8, 4) is 0 Å². The molecule has 1 rings (SSSR count). The quantitative estimate of drug-likeness (QED) is 0.665. The van der Waals surface area contributed by atoms with Crippen molar-refractivity contribution in [2.45, 2.75) is 26.7 Å². The van der Waals surface area contributed by atoms with Gasteiger partial charge in [0.05, 0.1) is 0 Å². The highest BCUT2D eigenvalue weighted by Gasteiger charge is 2.00. The van der Waals surface area contributed by atoms with Gasteiger partial charge in [-0.1, -0.05) is 46.6 Å². The van der Waals surface area contributed by atoms with Crippen LogP contribution >= 0.6 is 15.9 Å². The average molecular weight is 239 g/mol. The van der Waals surface area contributed by atoms with E-state index in [-0.39, 0.29) is 0 Å². The Morgan fingerprint density at radius 2 is 1.77 bits per heavy atom. The molecule has 0 fully saturated rings. The molecular weight excluding hydrogens is 224 g/mol. The number of rotatable bonds is 2. The Hall–Kier alpha value is -0.560.